The molecular formula is C24H29N3O. The fraction of sp³-hybridized carbons (Fsp3) is 0.333. The van der Waals surface area contributed by atoms with Crippen LogP contribution in [0.1, 0.15) is 50.9 Å². The predicted octanol–water partition coefficient (Wildman–Crippen LogP) is 4.83. The minimum atomic E-state index is 0.0414. The molecular weight excluding hydrogens is 346 g/mol. The van der Waals surface area contributed by atoms with Crippen LogP contribution in [0, 0.1) is 27.7 Å². The molecule has 0 saturated heterocycles. The first-order valence-electron chi connectivity index (χ1n) is 9.81. The highest BCUT2D eigenvalue weighted by molar-refractivity contribution is 5.94. The van der Waals surface area contributed by atoms with Gasteiger partial charge in [-0.2, -0.15) is 0 Å². The molecule has 146 valence electrons. The molecule has 0 N–H and O–H groups in total. The molecule has 0 spiro atoms. The molecule has 1 aromatic heterocycles. The molecule has 2 aromatic carbocycles. The highest BCUT2D eigenvalue weighted by atomic mass is 16.2. The van der Waals surface area contributed by atoms with E-state index < -0.39 is 0 Å². The van der Waals surface area contributed by atoms with Crippen LogP contribution < -0.4 is 0 Å². The van der Waals surface area contributed by atoms with E-state index in [9.17, 15) is 4.79 Å². The zero-order valence-corrected chi connectivity index (χ0v) is 17.5. The molecule has 0 aliphatic carbocycles. The van der Waals surface area contributed by atoms with E-state index in [1.54, 1.807) is 0 Å². The van der Waals surface area contributed by atoms with Crippen LogP contribution in [0.4, 0.5) is 0 Å². The van der Waals surface area contributed by atoms with Crippen molar-refractivity contribution in [3.8, 4) is 0 Å². The van der Waals surface area contributed by atoms with Gasteiger partial charge in [0.2, 0.25) is 0 Å². The van der Waals surface area contributed by atoms with E-state index in [0.717, 1.165) is 23.5 Å². The first kappa shape index (κ1) is 19.9. The van der Waals surface area contributed by atoms with Gasteiger partial charge in [0.15, 0.2) is 0 Å². The first-order chi connectivity index (χ1) is 13.4. The molecule has 0 aliphatic heterocycles. The highest BCUT2D eigenvalue weighted by Crippen LogP contribution is 2.19. The lowest BCUT2D eigenvalue weighted by atomic mass is 10.00. The van der Waals surface area contributed by atoms with Crippen molar-refractivity contribution in [3.63, 3.8) is 0 Å². The summed E-state index contributed by atoms with van der Waals surface area (Å²) in [4.78, 5) is 19.3. The van der Waals surface area contributed by atoms with Crippen molar-refractivity contribution in [2.75, 3.05) is 6.54 Å². The van der Waals surface area contributed by atoms with Gasteiger partial charge in [0.25, 0.3) is 5.91 Å². The van der Waals surface area contributed by atoms with E-state index in [4.69, 9.17) is 0 Å². The molecule has 3 aromatic rings. The number of carbonyl (C=O) groups excluding carboxylic acids is 1. The second-order valence-corrected chi connectivity index (χ2v) is 7.53. The number of nitrogens with zero attached hydrogens (tertiary/aromatic N) is 3. The Bertz CT molecular complexity index is 947. The topological polar surface area (TPSA) is 38.1 Å². The van der Waals surface area contributed by atoms with E-state index in [1.807, 2.05) is 55.4 Å². The van der Waals surface area contributed by atoms with E-state index in [0.29, 0.717) is 13.1 Å². The number of aryl methyl sites for hydroxylation is 4. The lowest BCUT2D eigenvalue weighted by Crippen LogP contribution is -2.31. The van der Waals surface area contributed by atoms with E-state index in [2.05, 4.69) is 42.5 Å². The predicted molar refractivity (Wildman–Crippen MR) is 114 cm³/mol. The minimum Gasteiger partial charge on any atom is -0.331 e. The van der Waals surface area contributed by atoms with Crippen molar-refractivity contribution < 1.29 is 4.79 Å². The van der Waals surface area contributed by atoms with Crippen LogP contribution in [0.5, 0.6) is 0 Å². The van der Waals surface area contributed by atoms with Crippen molar-refractivity contribution in [1.82, 2.24) is 14.5 Å². The maximum atomic E-state index is 12.9. The standard InChI is InChI=1S/C24H29N3O/c1-6-26(24(28)21-9-7-17(2)8-10-21)16-23-25-11-12-27(23)15-22-19(4)13-18(3)14-20(22)5/h7-14H,6,15-16H2,1-5H3. The smallest absolute Gasteiger partial charge is 0.254 e. The van der Waals surface area contributed by atoms with E-state index in [1.165, 1.54) is 22.3 Å². The zero-order chi connectivity index (χ0) is 20.3. The molecule has 0 unspecified atom stereocenters. The van der Waals surface area contributed by atoms with Gasteiger partial charge >= 0.3 is 0 Å². The largest absolute Gasteiger partial charge is 0.331 e. The van der Waals surface area contributed by atoms with Crippen molar-refractivity contribution in [2.45, 2.75) is 47.7 Å². The molecule has 1 heterocycles. The summed E-state index contributed by atoms with van der Waals surface area (Å²) in [5.74, 6) is 0.946. The Labute approximate surface area is 167 Å². The van der Waals surface area contributed by atoms with Gasteiger partial charge in [0, 0.05) is 31.0 Å². The number of imidazole rings is 1. The van der Waals surface area contributed by atoms with Crippen LogP contribution >= 0.6 is 0 Å². The monoisotopic (exact) mass is 375 g/mol. The molecule has 0 saturated carbocycles. The summed E-state index contributed by atoms with van der Waals surface area (Å²) in [5, 5.41) is 0. The molecule has 1 amide bonds. The normalized spacial score (nSPS) is 10.9. The van der Waals surface area contributed by atoms with Gasteiger partial charge in [-0.15, -0.1) is 0 Å². The third-order valence-corrected chi connectivity index (χ3v) is 5.27. The molecule has 0 radical (unpaired) electrons. The summed E-state index contributed by atoms with van der Waals surface area (Å²) in [5.41, 5.74) is 7.05. The Morgan fingerprint density at radius 1 is 1.00 bits per heavy atom. The molecule has 0 aliphatic rings. The minimum absolute atomic E-state index is 0.0414. The molecule has 4 heteroatoms. The lowest BCUT2D eigenvalue weighted by molar-refractivity contribution is 0.0747. The Hall–Kier alpha value is -2.88. The second-order valence-electron chi connectivity index (χ2n) is 7.53. The van der Waals surface area contributed by atoms with Gasteiger partial charge in [-0.05, 0) is 63.4 Å². The Morgan fingerprint density at radius 2 is 1.64 bits per heavy atom. The molecule has 0 fully saturated rings. The maximum absolute atomic E-state index is 12.9. The molecule has 3 rings (SSSR count). The molecule has 0 bridgehead atoms. The van der Waals surface area contributed by atoms with Crippen LogP contribution in [-0.2, 0) is 13.1 Å². The molecule has 28 heavy (non-hydrogen) atoms. The summed E-state index contributed by atoms with van der Waals surface area (Å²) in [7, 11) is 0. The third kappa shape index (κ3) is 4.33. The average Bonchev–Trinajstić information content (AvgIpc) is 3.09. The van der Waals surface area contributed by atoms with Gasteiger partial charge < -0.3 is 9.47 Å². The third-order valence-electron chi connectivity index (χ3n) is 5.27. The van der Waals surface area contributed by atoms with Crippen LogP contribution in [0.3, 0.4) is 0 Å². The van der Waals surface area contributed by atoms with Crippen molar-refractivity contribution in [3.05, 3.63) is 88.0 Å². The number of hydrogen-bond donors (Lipinski definition) is 0. The second kappa shape index (κ2) is 8.42. The van der Waals surface area contributed by atoms with E-state index >= 15 is 0 Å². The summed E-state index contributed by atoms with van der Waals surface area (Å²) >= 11 is 0. The number of carbonyl (C=O) groups is 1. The number of amides is 1. The lowest BCUT2D eigenvalue weighted by Gasteiger charge is -2.22. The zero-order valence-electron chi connectivity index (χ0n) is 17.5. The molecule has 4 nitrogen and oxygen atoms in total. The number of rotatable bonds is 6. The number of benzene rings is 2. The van der Waals surface area contributed by atoms with Crippen molar-refractivity contribution >= 4 is 5.91 Å². The summed E-state index contributed by atoms with van der Waals surface area (Å²) in [6.45, 7) is 12.4. The summed E-state index contributed by atoms with van der Waals surface area (Å²) < 4.78 is 2.15. The first-order valence-corrected chi connectivity index (χ1v) is 9.81. The summed E-state index contributed by atoms with van der Waals surface area (Å²) in [6.07, 6.45) is 3.82. The fourth-order valence-electron chi connectivity index (χ4n) is 3.64. The highest BCUT2D eigenvalue weighted by Gasteiger charge is 2.17. The average molecular weight is 376 g/mol. The number of aromatic nitrogens is 2. The fourth-order valence-corrected chi connectivity index (χ4v) is 3.64. The molecule has 0 atom stereocenters. The van der Waals surface area contributed by atoms with Gasteiger partial charge in [-0.1, -0.05) is 35.4 Å². The van der Waals surface area contributed by atoms with Crippen LogP contribution in [0.25, 0.3) is 0 Å². The van der Waals surface area contributed by atoms with Crippen LogP contribution in [-0.4, -0.2) is 26.9 Å². The van der Waals surface area contributed by atoms with Crippen molar-refractivity contribution in [1.29, 1.82) is 0 Å². The van der Waals surface area contributed by atoms with Gasteiger partial charge in [0.05, 0.1) is 6.54 Å². The Morgan fingerprint density at radius 3 is 2.25 bits per heavy atom. The van der Waals surface area contributed by atoms with E-state index in [-0.39, 0.29) is 5.91 Å². The SMILES string of the molecule is CCN(Cc1nccn1Cc1c(C)cc(C)cc1C)C(=O)c1ccc(C)cc1. The Balaban J connectivity index is 1.81. The van der Waals surface area contributed by atoms with Gasteiger partial charge in [0.1, 0.15) is 5.82 Å². The van der Waals surface area contributed by atoms with Gasteiger partial charge in [-0.25, -0.2) is 4.98 Å². The van der Waals surface area contributed by atoms with Crippen molar-refractivity contribution in [2.24, 2.45) is 0 Å². The van der Waals surface area contributed by atoms with Gasteiger partial charge in [-0.3, -0.25) is 4.79 Å². The Kier molecular flexibility index (Phi) is 5.98. The summed E-state index contributed by atoms with van der Waals surface area (Å²) in [6, 6.07) is 12.2. The quantitative estimate of drug-likeness (QED) is 0.619. The number of hydrogen-bond acceptors (Lipinski definition) is 2. The van der Waals surface area contributed by atoms with Crippen LogP contribution in [0.2, 0.25) is 0 Å². The van der Waals surface area contributed by atoms with Crippen LogP contribution in [0.15, 0.2) is 48.8 Å². The maximum Gasteiger partial charge on any atom is 0.254 e.